The van der Waals surface area contributed by atoms with E-state index in [1.54, 1.807) is 6.07 Å². The Labute approximate surface area is 147 Å². The predicted octanol–water partition coefficient (Wildman–Crippen LogP) is 1.58. The lowest BCUT2D eigenvalue weighted by atomic mass is 10.0. The van der Waals surface area contributed by atoms with E-state index in [2.05, 4.69) is 15.4 Å². The molecule has 0 radical (unpaired) electrons. The molecule has 0 aliphatic carbocycles. The fourth-order valence-corrected chi connectivity index (χ4v) is 2.95. The summed E-state index contributed by atoms with van der Waals surface area (Å²) in [6.07, 6.45) is 1.78. The average Bonchev–Trinajstić information content (AvgIpc) is 3.08. The lowest BCUT2D eigenvalue weighted by molar-refractivity contribution is -0.144. The molecule has 0 fully saturated rings. The van der Waals surface area contributed by atoms with E-state index in [0.29, 0.717) is 18.4 Å². The molecule has 2 rings (SSSR count). The van der Waals surface area contributed by atoms with Crippen molar-refractivity contribution >= 4 is 23.5 Å². The standard InChI is InChI=1S/C18H24N2O5/c1-11-9-13(10-12-7-8-19-16(11)12)17(22)20-14(18(23)25-3)5-4-6-15(21)24-2/h9-10,14,19H,4-8H2,1-3H3,(H,20,22). The number of nitrogens with one attached hydrogen (secondary N) is 2. The van der Waals surface area contributed by atoms with Gasteiger partial charge in [0.2, 0.25) is 0 Å². The zero-order valence-corrected chi connectivity index (χ0v) is 14.8. The van der Waals surface area contributed by atoms with Crippen molar-refractivity contribution in [3.63, 3.8) is 0 Å². The van der Waals surface area contributed by atoms with Gasteiger partial charge in [-0.1, -0.05) is 0 Å². The summed E-state index contributed by atoms with van der Waals surface area (Å²) in [5, 5.41) is 6.01. The molecular formula is C18H24N2O5. The highest BCUT2D eigenvalue weighted by Crippen LogP contribution is 2.27. The fourth-order valence-electron chi connectivity index (χ4n) is 2.95. The van der Waals surface area contributed by atoms with Crippen molar-refractivity contribution in [3.05, 3.63) is 28.8 Å². The van der Waals surface area contributed by atoms with Crippen molar-refractivity contribution in [2.45, 2.75) is 38.6 Å². The number of carbonyl (C=O) groups excluding carboxylic acids is 3. The number of ether oxygens (including phenoxy) is 2. The smallest absolute Gasteiger partial charge is 0.328 e. The molecule has 1 aromatic rings. The van der Waals surface area contributed by atoms with Crippen molar-refractivity contribution in [1.29, 1.82) is 0 Å². The Morgan fingerprint density at radius 3 is 2.68 bits per heavy atom. The number of hydrogen-bond acceptors (Lipinski definition) is 6. The SMILES string of the molecule is COC(=O)CCCC(NC(=O)c1cc(C)c2c(c1)CCN2)C(=O)OC. The van der Waals surface area contributed by atoms with Gasteiger partial charge in [0.05, 0.1) is 14.2 Å². The quantitative estimate of drug-likeness (QED) is 0.727. The molecule has 1 amide bonds. The monoisotopic (exact) mass is 348 g/mol. The molecule has 7 nitrogen and oxygen atoms in total. The van der Waals surface area contributed by atoms with Crippen LogP contribution in [0, 0.1) is 6.92 Å². The summed E-state index contributed by atoms with van der Waals surface area (Å²) in [4.78, 5) is 35.7. The minimum absolute atomic E-state index is 0.184. The molecule has 0 saturated carbocycles. The van der Waals surface area contributed by atoms with E-state index in [4.69, 9.17) is 4.74 Å². The number of methoxy groups -OCH3 is 2. The number of aryl methyl sites for hydroxylation is 1. The van der Waals surface area contributed by atoms with E-state index in [1.165, 1.54) is 14.2 Å². The number of fused-ring (bicyclic) bond motifs is 1. The molecule has 1 aliphatic rings. The van der Waals surface area contributed by atoms with Crippen molar-refractivity contribution in [1.82, 2.24) is 5.32 Å². The first-order valence-electron chi connectivity index (χ1n) is 8.29. The molecule has 1 heterocycles. The minimum Gasteiger partial charge on any atom is -0.469 e. The van der Waals surface area contributed by atoms with Gasteiger partial charge in [0.15, 0.2) is 0 Å². The maximum Gasteiger partial charge on any atom is 0.328 e. The Morgan fingerprint density at radius 1 is 1.24 bits per heavy atom. The van der Waals surface area contributed by atoms with Crippen LogP contribution in [-0.4, -0.2) is 44.7 Å². The van der Waals surface area contributed by atoms with Gasteiger partial charge in [-0.05, 0) is 49.4 Å². The summed E-state index contributed by atoms with van der Waals surface area (Å²) in [5.74, 6) is -1.21. The molecule has 0 aromatic heterocycles. The molecule has 0 saturated heterocycles. The highest BCUT2D eigenvalue weighted by Gasteiger charge is 2.23. The largest absolute Gasteiger partial charge is 0.469 e. The van der Waals surface area contributed by atoms with Gasteiger partial charge in [0, 0.05) is 24.2 Å². The third kappa shape index (κ3) is 4.71. The normalized spacial score (nSPS) is 13.4. The van der Waals surface area contributed by atoms with Gasteiger partial charge in [-0.2, -0.15) is 0 Å². The van der Waals surface area contributed by atoms with Crippen LogP contribution in [0.25, 0.3) is 0 Å². The molecule has 0 spiro atoms. The Hall–Kier alpha value is -2.57. The maximum atomic E-state index is 12.5. The molecule has 0 bridgehead atoms. The average molecular weight is 348 g/mol. The van der Waals surface area contributed by atoms with Crippen molar-refractivity contribution in [2.24, 2.45) is 0 Å². The van der Waals surface area contributed by atoms with Crippen LogP contribution in [0.4, 0.5) is 5.69 Å². The van der Waals surface area contributed by atoms with E-state index < -0.39 is 12.0 Å². The lowest BCUT2D eigenvalue weighted by Crippen LogP contribution is -2.41. The summed E-state index contributed by atoms with van der Waals surface area (Å²) >= 11 is 0. The Balaban J connectivity index is 2.05. The van der Waals surface area contributed by atoms with Crippen LogP contribution in [0.3, 0.4) is 0 Å². The molecule has 1 aromatic carbocycles. The zero-order valence-electron chi connectivity index (χ0n) is 14.8. The van der Waals surface area contributed by atoms with Crippen molar-refractivity contribution < 1.29 is 23.9 Å². The van der Waals surface area contributed by atoms with E-state index in [0.717, 1.165) is 29.8 Å². The van der Waals surface area contributed by atoms with Crippen molar-refractivity contribution in [3.8, 4) is 0 Å². The van der Waals surface area contributed by atoms with Crippen LogP contribution in [-0.2, 0) is 25.5 Å². The second-order valence-corrected chi connectivity index (χ2v) is 6.02. The molecule has 7 heteroatoms. The van der Waals surface area contributed by atoms with Crippen LogP contribution >= 0.6 is 0 Å². The Kier molecular flexibility index (Phi) is 6.38. The van der Waals surface area contributed by atoms with Gasteiger partial charge in [-0.3, -0.25) is 9.59 Å². The second kappa shape index (κ2) is 8.50. The number of benzene rings is 1. The van der Waals surface area contributed by atoms with Crippen LogP contribution in [0.1, 0.15) is 40.7 Å². The highest BCUT2D eigenvalue weighted by atomic mass is 16.5. The summed E-state index contributed by atoms with van der Waals surface area (Å²) in [5.41, 5.74) is 3.70. The van der Waals surface area contributed by atoms with E-state index >= 15 is 0 Å². The minimum atomic E-state index is -0.797. The molecule has 136 valence electrons. The lowest BCUT2D eigenvalue weighted by Gasteiger charge is -2.17. The maximum absolute atomic E-state index is 12.5. The first kappa shape index (κ1) is 18.8. The predicted molar refractivity (Wildman–Crippen MR) is 92.5 cm³/mol. The van der Waals surface area contributed by atoms with Gasteiger partial charge in [-0.25, -0.2) is 4.79 Å². The number of esters is 2. The first-order valence-corrected chi connectivity index (χ1v) is 8.29. The molecule has 1 atom stereocenters. The van der Waals surface area contributed by atoms with Gasteiger partial charge >= 0.3 is 11.9 Å². The number of amides is 1. The molecule has 1 unspecified atom stereocenters. The Bertz CT molecular complexity index is 672. The van der Waals surface area contributed by atoms with Crippen LogP contribution in [0.15, 0.2) is 12.1 Å². The number of hydrogen-bond donors (Lipinski definition) is 2. The molecule has 25 heavy (non-hydrogen) atoms. The second-order valence-electron chi connectivity index (χ2n) is 6.02. The van der Waals surface area contributed by atoms with Gasteiger partial charge in [0.1, 0.15) is 6.04 Å². The number of rotatable bonds is 7. The van der Waals surface area contributed by atoms with Crippen LogP contribution < -0.4 is 10.6 Å². The highest BCUT2D eigenvalue weighted by molar-refractivity contribution is 5.97. The molecular weight excluding hydrogens is 324 g/mol. The van der Waals surface area contributed by atoms with Crippen molar-refractivity contribution in [2.75, 3.05) is 26.1 Å². The fraction of sp³-hybridized carbons (Fsp3) is 0.500. The van der Waals surface area contributed by atoms with E-state index in [-0.39, 0.29) is 18.3 Å². The summed E-state index contributed by atoms with van der Waals surface area (Å²) in [7, 11) is 2.58. The van der Waals surface area contributed by atoms with Gasteiger partial charge < -0.3 is 20.1 Å². The zero-order chi connectivity index (χ0) is 18.4. The number of carbonyl (C=O) groups is 3. The summed E-state index contributed by atoms with van der Waals surface area (Å²) in [6, 6.07) is 2.85. The molecule has 1 aliphatic heterocycles. The third-order valence-corrected chi connectivity index (χ3v) is 4.27. The van der Waals surface area contributed by atoms with Gasteiger partial charge in [-0.15, -0.1) is 0 Å². The van der Waals surface area contributed by atoms with E-state index in [1.807, 2.05) is 13.0 Å². The topological polar surface area (TPSA) is 93.7 Å². The summed E-state index contributed by atoms with van der Waals surface area (Å²) in [6.45, 7) is 2.81. The number of anilines is 1. The Morgan fingerprint density at radius 2 is 2.00 bits per heavy atom. The molecule has 2 N–H and O–H groups in total. The first-order chi connectivity index (χ1) is 12.0. The third-order valence-electron chi connectivity index (χ3n) is 4.27. The van der Waals surface area contributed by atoms with Crippen LogP contribution in [0.5, 0.6) is 0 Å². The summed E-state index contributed by atoms with van der Waals surface area (Å²) < 4.78 is 9.33. The van der Waals surface area contributed by atoms with Crippen LogP contribution in [0.2, 0.25) is 0 Å². The van der Waals surface area contributed by atoms with E-state index in [9.17, 15) is 14.4 Å². The van der Waals surface area contributed by atoms with Gasteiger partial charge in [0.25, 0.3) is 5.91 Å².